The van der Waals surface area contributed by atoms with E-state index in [0.29, 0.717) is 0 Å². The van der Waals surface area contributed by atoms with Gasteiger partial charge in [-0.3, -0.25) is 4.79 Å². The minimum absolute atomic E-state index is 0.00574. The van der Waals surface area contributed by atoms with Gasteiger partial charge in [0.25, 0.3) is 0 Å². The lowest BCUT2D eigenvalue weighted by molar-refractivity contribution is -0.152. The van der Waals surface area contributed by atoms with Crippen molar-refractivity contribution in [2.24, 2.45) is 5.41 Å². The third-order valence-corrected chi connectivity index (χ3v) is 5.32. The Kier molecular flexibility index (Phi) is 2.95. The maximum Gasteiger partial charge on any atom is 0.312 e. The Hall–Kier alpha value is -1.58. The molecule has 0 radical (unpaired) electrons. The minimum Gasteiger partial charge on any atom is -0.460 e. The number of hydrogen-bond donors (Lipinski definition) is 0. The van der Waals surface area contributed by atoms with Crippen molar-refractivity contribution < 1.29 is 13.9 Å². The van der Waals surface area contributed by atoms with Crippen molar-refractivity contribution in [3.05, 3.63) is 29.6 Å². The Morgan fingerprint density at radius 3 is 2.90 bits per heavy atom. The minimum atomic E-state index is -0.170. The van der Waals surface area contributed by atoms with Gasteiger partial charge in [-0.05, 0) is 49.4 Å². The smallest absolute Gasteiger partial charge is 0.312 e. The molecule has 1 spiro atoms. The molecule has 3 aliphatic rings. The first-order valence-corrected chi connectivity index (χ1v) is 7.91. The van der Waals surface area contributed by atoms with Crippen molar-refractivity contribution in [3.63, 3.8) is 0 Å². The molecule has 1 aromatic rings. The predicted octanol–water partition coefficient (Wildman–Crippen LogP) is 3.06. The lowest BCUT2D eigenvalue weighted by Crippen LogP contribution is -2.37. The fourth-order valence-corrected chi connectivity index (χ4v) is 4.03. The van der Waals surface area contributed by atoms with Crippen LogP contribution in [0.15, 0.2) is 18.2 Å². The van der Waals surface area contributed by atoms with Crippen LogP contribution in [0.5, 0.6) is 0 Å². The number of fused-ring (bicyclic) bond motifs is 1. The normalized spacial score (nSPS) is 26.4. The lowest BCUT2D eigenvalue weighted by Gasteiger charge is -2.35. The summed E-state index contributed by atoms with van der Waals surface area (Å²) in [6, 6.07) is 5.01. The van der Waals surface area contributed by atoms with Gasteiger partial charge in [0, 0.05) is 18.7 Å². The molecule has 0 amide bonds. The molecule has 112 valence electrons. The molecule has 2 aliphatic heterocycles. The van der Waals surface area contributed by atoms with Crippen LogP contribution in [0.3, 0.4) is 0 Å². The van der Waals surface area contributed by atoms with Crippen molar-refractivity contribution >= 4 is 11.7 Å². The van der Waals surface area contributed by atoms with Gasteiger partial charge in [-0.2, -0.15) is 0 Å². The van der Waals surface area contributed by atoms with E-state index in [4.69, 9.17) is 4.74 Å². The monoisotopic (exact) mass is 289 g/mol. The molecule has 3 nitrogen and oxygen atoms in total. The van der Waals surface area contributed by atoms with E-state index in [0.717, 1.165) is 62.9 Å². The van der Waals surface area contributed by atoms with E-state index in [-0.39, 0.29) is 23.3 Å². The van der Waals surface area contributed by atoms with Crippen molar-refractivity contribution in [2.45, 2.75) is 44.6 Å². The summed E-state index contributed by atoms with van der Waals surface area (Å²) in [7, 11) is 0. The third-order valence-electron chi connectivity index (χ3n) is 5.32. The second-order valence-electron chi connectivity index (χ2n) is 6.69. The maximum atomic E-state index is 13.3. The number of aryl methyl sites for hydroxylation is 1. The van der Waals surface area contributed by atoms with Crippen molar-refractivity contribution in [2.75, 3.05) is 18.0 Å². The predicted molar refractivity (Wildman–Crippen MR) is 77.7 cm³/mol. The van der Waals surface area contributed by atoms with Crippen LogP contribution in [0.1, 0.15) is 37.7 Å². The summed E-state index contributed by atoms with van der Waals surface area (Å²) < 4.78 is 19.0. The number of benzene rings is 1. The van der Waals surface area contributed by atoms with Gasteiger partial charge in [0.2, 0.25) is 0 Å². The zero-order valence-corrected chi connectivity index (χ0v) is 12.1. The molecule has 4 heteroatoms. The molecule has 21 heavy (non-hydrogen) atoms. The van der Waals surface area contributed by atoms with Crippen molar-refractivity contribution in [1.29, 1.82) is 0 Å². The van der Waals surface area contributed by atoms with Gasteiger partial charge in [-0.1, -0.05) is 6.42 Å². The number of rotatable bonds is 2. The second kappa shape index (κ2) is 4.72. The quantitative estimate of drug-likeness (QED) is 0.784. The number of carbonyl (C=O) groups is 1. The maximum absolute atomic E-state index is 13.3. The molecule has 1 aliphatic carbocycles. The van der Waals surface area contributed by atoms with Crippen LogP contribution in [-0.4, -0.2) is 25.2 Å². The first kappa shape index (κ1) is 13.1. The summed E-state index contributed by atoms with van der Waals surface area (Å²) in [4.78, 5) is 14.3. The van der Waals surface area contributed by atoms with Gasteiger partial charge in [-0.25, -0.2) is 4.39 Å². The molecular weight excluding hydrogens is 269 g/mol. The average Bonchev–Trinajstić information content (AvgIpc) is 2.75. The standard InChI is InChI=1S/C17H20FNO2/c18-13-4-5-15-12(9-13)3-1-8-19(15)11-14-10-17(6-2-7-17)16(20)21-14/h4-5,9,14H,1-3,6-8,10-11H2. The van der Waals surface area contributed by atoms with E-state index >= 15 is 0 Å². The Labute approximate surface area is 124 Å². The highest BCUT2D eigenvalue weighted by atomic mass is 19.1. The highest BCUT2D eigenvalue weighted by molar-refractivity contribution is 5.80. The molecule has 0 bridgehead atoms. The van der Waals surface area contributed by atoms with Crippen molar-refractivity contribution in [3.8, 4) is 0 Å². The summed E-state index contributed by atoms with van der Waals surface area (Å²) in [6.07, 6.45) is 5.94. The van der Waals surface area contributed by atoms with Gasteiger partial charge in [0.15, 0.2) is 0 Å². The van der Waals surface area contributed by atoms with E-state index in [1.165, 1.54) is 6.07 Å². The molecule has 2 fully saturated rings. The summed E-state index contributed by atoms with van der Waals surface area (Å²) >= 11 is 0. The van der Waals surface area contributed by atoms with E-state index in [9.17, 15) is 9.18 Å². The number of esters is 1. The van der Waals surface area contributed by atoms with Crippen LogP contribution < -0.4 is 4.90 Å². The summed E-state index contributed by atoms with van der Waals surface area (Å²) in [5.74, 6) is -0.161. The number of nitrogens with zero attached hydrogens (tertiary/aromatic N) is 1. The van der Waals surface area contributed by atoms with E-state index in [1.54, 1.807) is 6.07 Å². The van der Waals surface area contributed by atoms with E-state index in [1.807, 2.05) is 6.07 Å². The topological polar surface area (TPSA) is 29.5 Å². The summed E-state index contributed by atoms with van der Waals surface area (Å²) in [5.41, 5.74) is 2.02. The van der Waals surface area contributed by atoms with Crippen LogP contribution in [0.2, 0.25) is 0 Å². The number of ether oxygens (including phenoxy) is 1. The zero-order valence-electron chi connectivity index (χ0n) is 12.1. The fourth-order valence-electron chi connectivity index (χ4n) is 4.03. The van der Waals surface area contributed by atoms with Crippen molar-refractivity contribution in [1.82, 2.24) is 0 Å². The van der Waals surface area contributed by atoms with Gasteiger partial charge < -0.3 is 9.64 Å². The summed E-state index contributed by atoms with van der Waals surface area (Å²) in [6.45, 7) is 1.70. The fraction of sp³-hybridized carbons (Fsp3) is 0.588. The molecule has 1 aromatic carbocycles. The summed E-state index contributed by atoms with van der Waals surface area (Å²) in [5, 5.41) is 0. The number of halogens is 1. The van der Waals surface area contributed by atoms with E-state index < -0.39 is 0 Å². The molecule has 2 heterocycles. The first-order chi connectivity index (χ1) is 10.2. The number of anilines is 1. The first-order valence-electron chi connectivity index (χ1n) is 7.91. The largest absolute Gasteiger partial charge is 0.460 e. The van der Waals surface area contributed by atoms with Gasteiger partial charge >= 0.3 is 5.97 Å². The van der Waals surface area contributed by atoms with Crippen LogP contribution in [-0.2, 0) is 16.0 Å². The molecule has 4 rings (SSSR count). The molecule has 0 aromatic heterocycles. The molecule has 0 N–H and O–H groups in total. The third kappa shape index (κ3) is 2.12. The van der Waals surface area contributed by atoms with Gasteiger partial charge in [0.05, 0.1) is 12.0 Å². The van der Waals surface area contributed by atoms with Crippen LogP contribution in [0.25, 0.3) is 0 Å². The van der Waals surface area contributed by atoms with Gasteiger partial charge in [0.1, 0.15) is 11.9 Å². The Morgan fingerprint density at radius 1 is 1.33 bits per heavy atom. The average molecular weight is 289 g/mol. The zero-order chi connectivity index (χ0) is 14.4. The Morgan fingerprint density at radius 2 is 2.19 bits per heavy atom. The van der Waals surface area contributed by atoms with Crippen LogP contribution >= 0.6 is 0 Å². The number of hydrogen-bond acceptors (Lipinski definition) is 3. The molecule has 1 unspecified atom stereocenters. The van der Waals surface area contributed by atoms with Crippen LogP contribution in [0, 0.1) is 11.2 Å². The Balaban J connectivity index is 1.50. The lowest BCUT2D eigenvalue weighted by atomic mass is 9.67. The molecule has 1 saturated carbocycles. The SMILES string of the molecule is O=C1OC(CN2CCCc3cc(F)ccc32)CC12CCC2. The molecular formula is C17H20FNO2. The number of carbonyl (C=O) groups excluding carboxylic acids is 1. The second-order valence-corrected chi connectivity index (χ2v) is 6.69. The molecule has 1 atom stereocenters. The number of cyclic esters (lactones) is 1. The highest BCUT2D eigenvalue weighted by Crippen LogP contribution is 2.50. The molecule has 1 saturated heterocycles. The van der Waals surface area contributed by atoms with Crippen LogP contribution in [0.4, 0.5) is 10.1 Å². The van der Waals surface area contributed by atoms with E-state index in [2.05, 4.69) is 4.90 Å². The highest BCUT2D eigenvalue weighted by Gasteiger charge is 2.53. The Bertz CT molecular complexity index is 582. The van der Waals surface area contributed by atoms with Gasteiger partial charge in [-0.15, -0.1) is 0 Å².